The van der Waals surface area contributed by atoms with E-state index in [-0.39, 0.29) is 6.42 Å². The molecule has 2 aromatic carbocycles. The van der Waals surface area contributed by atoms with Crippen LogP contribution in [0, 0.1) is 6.92 Å². The van der Waals surface area contributed by atoms with Gasteiger partial charge < -0.3 is 20.1 Å². The van der Waals surface area contributed by atoms with Gasteiger partial charge in [0.15, 0.2) is 0 Å². The molecule has 0 aliphatic carbocycles. The van der Waals surface area contributed by atoms with Crippen molar-refractivity contribution < 1.29 is 23.9 Å². The van der Waals surface area contributed by atoms with E-state index in [2.05, 4.69) is 15.4 Å². The van der Waals surface area contributed by atoms with Crippen LogP contribution in [0.1, 0.15) is 22.3 Å². The molecule has 7 nitrogen and oxygen atoms in total. The molecule has 27 heavy (non-hydrogen) atoms. The maximum Gasteiger partial charge on any atom is 0.337 e. The molecular formula is C19H19ClN2O5. The highest BCUT2D eigenvalue weighted by Crippen LogP contribution is 2.31. The van der Waals surface area contributed by atoms with Crippen LogP contribution < -0.4 is 15.4 Å². The lowest BCUT2D eigenvalue weighted by Crippen LogP contribution is -2.21. The predicted octanol–water partition coefficient (Wildman–Crippen LogP) is 3.41. The zero-order valence-electron chi connectivity index (χ0n) is 15.1. The Morgan fingerprint density at radius 1 is 1.00 bits per heavy atom. The molecule has 2 amide bonds. The molecule has 0 saturated heterocycles. The molecule has 0 fully saturated rings. The van der Waals surface area contributed by atoms with Gasteiger partial charge in [0, 0.05) is 16.8 Å². The van der Waals surface area contributed by atoms with Crippen LogP contribution in [0.15, 0.2) is 36.4 Å². The van der Waals surface area contributed by atoms with Crippen molar-refractivity contribution in [3.63, 3.8) is 0 Å². The summed E-state index contributed by atoms with van der Waals surface area (Å²) in [6, 6.07) is 9.39. The third-order valence-electron chi connectivity index (χ3n) is 3.67. The van der Waals surface area contributed by atoms with Gasteiger partial charge in [-0.2, -0.15) is 0 Å². The lowest BCUT2D eigenvalue weighted by atomic mass is 10.2. The maximum atomic E-state index is 12.1. The normalized spacial score (nSPS) is 10.1. The van der Waals surface area contributed by atoms with E-state index in [4.69, 9.17) is 16.3 Å². The molecule has 0 aliphatic heterocycles. The van der Waals surface area contributed by atoms with E-state index in [1.54, 1.807) is 31.2 Å². The number of methoxy groups -OCH3 is 2. The highest BCUT2D eigenvalue weighted by atomic mass is 35.5. The van der Waals surface area contributed by atoms with Crippen molar-refractivity contribution in [2.45, 2.75) is 13.3 Å². The van der Waals surface area contributed by atoms with Crippen LogP contribution >= 0.6 is 11.6 Å². The summed E-state index contributed by atoms with van der Waals surface area (Å²) in [5.74, 6) is -1.07. The number of rotatable bonds is 6. The van der Waals surface area contributed by atoms with E-state index in [1.165, 1.54) is 26.4 Å². The average Bonchev–Trinajstić information content (AvgIpc) is 2.64. The molecule has 8 heteroatoms. The van der Waals surface area contributed by atoms with Crippen LogP contribution in [-0.2, 0) is 14.3 Å². The molecule has 0 unspecified atom stereocenters. The number of halogens is 1. The van der Waals surface area contributed by atoms with Gasteiger partial charge in [-0.15, -0.1) is 0 Å². The molecule has 0 aromatic heterocycles. The summed E-state index contributed by atoms with van der Waals surface area (Å²) < 4.78 is 9.79. The molecule has 0 bridgehead atoms. The number of hydrogen-bond acceptors (Lipinski definition) is 5. The van der Waals surface area contributed by atoms with Gasteiger partial charge in [-0.25, -0.2) is 4.79 Å². The van der Waals surface area contributed by atoms with Crippen LogP contribution in [-0.4, -0.2) is 32.0 Å². The van der Waals surface area contributed by atoms with Gasteiger partial charge in [-0.05, 0) is 42.8 Å². The molecule has 2 aromatic rings. The number of esters is 1. The second-order valence-electron chi connectivity index (χ2n) is 5.64. The Morgan fingerprint density at radius 3 is 2.22 bits per heavy atom. The molecule has 0 aliphatic rings. The molecule has 0 spiro atoms. The first kappa shape index (κ1) is 20.3. The van der Waals surface area contributed by atoms with Crippen LogP contribution in [0.2, 0.25) is 5.02 Å². The van der Waals surface area contributed by atoms with E-state index < -0.39 is 17.8 Å². The Morgan fingerprint density at radius 2 is 1.63 bits per heavy atom. The smallest absolute Gasteiger partial charge is 0.337 e. The predicted molar refractivity (Wildman–Crippen MR) is 102 cm³/mol. The van der Waals surface area contributed by atoms with E-state index in [1.807, 2.05) is 0 Å². The van der Waals surface area contributed by atoms with Crippen molar-refractivity contribution in [3.05, 3.63) is 52.5 Å². The number of amides is 2. The summed E-state index contributed by atoms with van der Waals surface area (Å²) in [6.45, 7) is 1.79. The molecule has 2 N–H and O–H groups in total. The van der Waals surface area contributed by atoms with E-state index >= 15 is 0 Å². The lowest BCUT2D eigenvalue weighted by molar-refractivity contribution is -0.123. The Balaban J connectivity index is 1.97. The Hall–Kier alpha value is -3.06. The van der Waals surface area contributed by atoms with E-state index in [9.17, 15) is 14.4 Å². The third kappa shape index (κ3) is 5.46. The van der Waals surface area contributed by atoms with Crippen LogP contribution in [0.4, 0.5) is 11.4 Å². The summed E-state index contributed by atoms with van der Waals surface area (Å²) in [5, 5.41) is 5.73. The fourth-order valence-corrected chi connectivity index (χ4v) is 2.44. The van der Waals surface area contributed by atoms with Gasteiger partial charge >= 0.3 is 5.97 Å². The number of nitrogens with one attached hydrogen (secondary N) is 2. The van der Waals surface area contributed by atoms with Crippen molar-refractivity contribution in [1.29, 1.82) is 0 Å². The van der Waals surface area contributed by atoms with E-state index in [0.29, 0.717) is 27.7 Å². The number of anilines is 2. The topological polar surface area (TPSA) is 93.7 Å². The number of hydrogen-bond donors (Lipinski definition) is 2. The van der Waals surface area contributed by atoms with Crippen molar-refractivity contribution in [2.24, 2.45) is 0 Å². The molecule has 0 atom stereocenters. The second-order valence-corrected chi connectivity index (χ2v) is 6.05. The summed E-state index contributed by atoms with van der Waals surface area (Å²) in [7, 11) is 2.75. The number of carbonyl (C=O) groups is 3. The summed E-state index contributed by atoms with van der Waals surface area (Å²) in [5.41, 5.74) is 2.02. The minimum absolute atomic E-state index is 0.360. The number of carbonyl (C=O) groups excluding carboxylic acids is 3. The minimum atomic E-state index is -0.501. The highest BCUT2D eigenvalue weighted by molar-refractivity contribution is 6.31. The van der Waals surface area contributed by atoms with Crippen molar-refractivity contribution in [1.82, 2.24) is 0 Å². The zero-order valence-corrected chi connectivity index (χ0v) is 15.8. The van der Waals surface area contributed by atoms with E-state index in [0.717, 1.165) is 5.56 Å². The standard InChI is InChI=1S/C19H19ClN2O5/c1-11-8-15(16(26-2)9-14(11)20)22-18(24)10-17(23)21-13-6-4-12(5-7-13)19(25)27-3/h4-9H,10H2,1-3H3,(H,21,23)(H,22,24). The van der Waals surface area contributed by atoms with Gasteiger partial charge in [0.25, 0.3) is 0 Å². The largest absolute Gasteiger partial charge is 0.495 e. The molecule has 2 rings (SSSR count). The number of aryl methyl sites for hydroxylation is 1. The summed E-state index contributed by atoms with van der Waals surface area (Å²) in [6.07, 6.45) is -0.385. The van der Waals surface area contributed by atoms with Crippen molar-refractivity contribution >= 4 is 40.8 Å². The fourth-order valence-electron chi connectivity index (χ4n) is 2.28. The lowest BCUT2D eigenvalue weighted by Gasteiger charge is -2.12. The molecule has 0 radical (unpaired) electrons. The van der Waals surface area contributed by atoms with Crippen LogP contribution in [0.25, 0.3) is 0 Å². The van der Waals surface area contributed by atoms with Gasteiger partial charge in [0.05, 0.1) is 25.5 Å². The van der Waals surface area contributed by atoms with Crippen molar-refractivity contribution in [3.8, 4) is 5.75 Å². The van der Waals surface area contributed by atoms with Gasteiger partial charge in [-0.1, -0.05) is 11.6 Å². The van der Waals surface area contributed by atoms with Gasteiger partial charge in [-0.3, -0.25) is 9.59 Å². The number of ether oxygens (including phenoxy) is 2. The van der Waals surface area contributed by atoms with Gasteiger partial charge in [0.1, 0.15) is 12.2 Å². The minimum Gasteiger partial charge on any atom is -0.495 e. The van der Waals surface area contributed by atoms with Crippen LogP contribution in [0.5, 0.6) is 5.75 Å². The highest BCUT2D eigenvalue weighted by Gasteiger charge is 2.14. The van der Waals surface area contributed by atoms with Gasteiger partial charge in [0.2, 0.25) is 11.8 Å². The Labute approximate surface area is 161 Å². The monoisotopic (exact) mass is 390 g/mol. The molecular weight excluding hydrogens is 372 g/mol. The summed E-state index contributed by atoms with van der Waals surface area (Å²) >= 11 is 6.03. The number of benzene rings is 2. The molecule has 142 valence electrons. The molecule has 0 heterocycles. The fraction of sp³-hybridized carbons (Fsp3) is 0.211. The second kappa shape index (κ2) is 9.05. The average molecular weight is 391 g/mol. The zero-order chi connectivity index (χ0) is 20.0. The first-order valence-corrected chi connectivity index (χ1v) is 8.34. The maximum absolute atomic E-state index is 12.1. The van der Waals surface area contributed by atoms with Crippen LogP contribution in [0.3, 0.4) is 0 Å². The summed E-state index contributed by atoms with van der Waals surface area (Å²) in [4.78, 5) is 35.6. The Bertz CT molecular complexity index is 865. The quantitative estimate of drug-likeness (QED) is 0.582. The first-order valence-electron chi connectivity index (χ1n) is 7.96. The SMILES string of the molecule is COC(=O)c1ccc(NC(=O)CC(=O)Nc2cc(C)c(Cl)cc2OC)cc1. The van der Waals surface area contributed by atoms with Crippen molar-refractivity contribution in [2.75, 3.05) is 24.9 Å². The Kier molecular flexibility index (Phi) is 6.79. The third-order valence-corrected chi connectivity index (χ3v) is 4.07. The molecule has 0 saturated carbocycles. The first-order chi connectivity index (χ1) is 12.8.